The molecule has 1 fully saturated rings. The standard InChI is InChI=1S/C22H26N4/c1-25-15-16-26(22(17-25)18-7-3-2-4-8-18)14-13-24-21-11-12-23-20-10-6-5-9-19(20)21/h2-12,22H,13-17H2,1H3,(H,23,24). The third kappa shape index (κ3) is 3.71. The average Bonchev–Trinajstić information content (AvgIpc) is 2.70. The topological polar surface area (TPSA) is 31.4 Å². The number of likely N-dealkylation sites (N-methyl/N-ethyl adjacent to an activating group) is 1. The summed E-state index contributed by atoms with van der Waals surface area (Å²) in [6.45, 7) is 5.28. The van der Waals surface area contributed by atoms with Crippen molar-refractivity contribution in [3.8, 4) is 0 Å². The van der Waals surface area contributed by atoms with E-state index in [2.05, 4.69) is 81.7 Å². The van der Waals surface area contributed by atoms with Crippen LogP contribution in [0.4, 0.5) is 5.69 Å². The summed E-state index contributed by atoms with van der Waals surface area (Å²) in [6, 6.07) is 21.7. The van der Waals surface area contributed by atoms with Crippen molar-refractivity contribution < 1.29 is 0 Å². The molecule has 3 aromatic rings. The number of nitrogens with one attached hydrogen (secondary N) is 1. The zero-order valence-corrected chi connectivity index (χ0v) is 15.3. The van der Waals surface area contributed by atoms with Gasteiger partial charge in [-0.2, -0.15) is 0 Å². The number of nitrogens with zero attached hydrogens (tertiary/aromatic N) is 3. The Morgan fingerprint density at radius 1 is 1.00 bits per heavy atom. The van der Waals surface area contributed by atoms with Crippen LogP contribution in [-0.4, -0.2) is 54.6 Å². The highest BCUT2D eigenvalue weighted by atomic mass is 15.3. The molecule has 1 saturated heterocycles. The molecule has 0 spiro atoms. The highest BCUT2D eigenvalue weighted by molar-refractivity contribution is 5.90. The lowest BCUT2D eigenvalue weighted by molar-refractivity contribution is 0.0938. The number of benzene rings is 2. The fraction of sp³-hybridized carbons (Fsp3) is 0.318. The molecule has 1 unspecified atom stereocenters. The largest absolute Gasteiger partial charge is 0.383 e. The van der Waals surface area contributed by atoms with Crippen LogP contribution in [0.1, 0.15) is 11.6 Å². The van der Waals surface area contributed by atoms with E-state index in [-0.39, 0.29) is 0 Å². The van der Waals surface area contributed by atoms with E-state index in [1.807, 2.05) is 12.3 Å². The van der Waals surface area contributed by atoms with Gasteiger partial charge in [-0.3, -0.25) is 9.88 Å². The van der Waals surface area contributed by atoms with E-state index in [9.17, 15) is 0 Å². The van der Waals surface area contributed by atoms with Crippen LogP contribution in [0.25, 0.3) is 10.9 Å². The van der Waals surface area contributed by atoms with Crippen LogP contribution < -0.4 is 5.32 Å². The molecule has 0 saturated carbocycles. The Balaban J connectivity index is 1.44. The van der Waals surface area contributed by atoms with Crippen LogP contribution in [-0.2, 0) is 0 Å². The van der Waals surface area contributed by atoms with Gasteiger partial charge in [0.1, 0.15) is 0 Å². The molecule has 0 bridgehead atoms. The first-order chi connectivity index (χ1) is 12.8. The molecule has 26 heavy (non-hydrogen) atoms. The molecule has 2 heterocycles. The number of hydrogen-bond acceptors (Lipinski definition) is 4. The normalized spacial score (nSPS) is 18.9. The highest BCUT2D eigenvalue weighted by Crippen LogP contribution is 2.25. The van der Waals surface area contributed by atoms with Gasteiger partial charge in [0.25, 0.3) is 0 Å². The second kappa shape index (κ2) is 7.85. The highest BCUT2D eigenvalue weighted by Gasteiger charge is 2.25. The predicted molar refractivity (Wildman–Crippen MR) is 108 cm³/mol. The molecule has 134 valence electrons. The molecule has 4 nitrogen and oxygen atoms in total. The van der Waals surface area contributed by atoms with Gasteiger partial charge in [0, 0.05) is 56.0 Å². The van der Waals surface area contributed by atoms with Gasteiger partial charge in [-0.15, -0.1) is 0 Å². The first-order valence-electron chi connectivity index (χ1n) is 9.36. The molecule has 1 aliphatic rings. The van der Waals surface area contributed by atoms with Crippen molar-refractivity contribution in [3.63, 3.8) is 0 Å². The molecule has 0 aliphatic carbocycles. The quantitative estimate of drug-likeness (QED) is 0.764. The van der Waals surface area contributed by atoms with E-state index < -0.39 is 0 Å². The number of fused-ring (bicyclic) bond motifs is 1. The third-order valence-electron chi connectivity index (χ3n) is 5.24. The number of pyridine rings is 1. The second-order valence-electron chi connectivity index (χ2n) is 7.03. The van der Waals surface area contributed by atoms with Gasteiger partial charge in [0.2, 0.25) is 0 Å². The molecule has 2 aromatic carbocycles. The first-order valence-corrected chi connectivity index (χ1v) is 9.36. The van der Waals surface area contributed by atoms with Crippen molar-refractivity contribution in [1.82, 2.24) is 14.8 Å². The Bertz CT molecular complexity index is 844. The van der Waals surface area contributed by atoms with Gasteiger partial charge >= 0.3 is 0 Å². The van der Waals surface area contributed by atoms with Gasteiger partial charge in [-0.25, -0.2) is 0 Å². The summed E-state index contributed by atoms with van der Waals surface area (Å²) in [5.74, 6) is 0. The zero-order chi connectivity index (χ0) is 17.8. The van der Waals surface area contributed by atoms with E-state index in [0.717, 1.165) is 38.2 Å². The summed E-state index contributed by atoms with van der Waals surface area (Å²) in [4.78, 5) is 9.48. The Morgan fingerprint density at radius 2 is 1.81 bits per heavy atom. The molecule has 1 N–H and O–H groups in total. The van der Waals surface area contributed by atoms with Crippen LogP contribution >= 0.6 is 0 Å². The minimum absolute atomic E-state index is 0.464. The Kier molecular flexibility index (Phi) is 5.14. The molecule has 4 rings (SSSR count). The number of anilines is 1. The number of hydrogen-bond donors (Lipinski definition) is 1. The minimum atomic E-state index is 0.464. The minimum Gasteiger partial charge on any atom is -0.383 e. The number of para-hydroxylation sites is 1. The van der Waals surface area contributed by atoms with Crippen LogP contribution in [0.5, 0.6) is 0 Å². The SMILES string of the molecule is CN1CCN(CCNc2ccnc3ccccc23)C(c2ccccc2)C1. The van der Waals surface area contributed by atoms with Crippen LogP contribution in [0.15, 0.2) is 66.9 Å². The van der Waals surface area contributed by atoms with Gasteiger partial charge < -0.3 is 10.2 Å². The fourth-order valence-electron chi connectivity index (χ4n) is 3.80. The summed E-state index contributed by atoms with van der Waals surface area (Å²) in [7, 11) is 2.22. The Hall–Kier alpha value is -2.43. The van der Waals surface area contributed by atoms with Crippen molar-refractivity contribution in [1.29, 1.82) is 0 Å². The maximum atomic E-state index is 4.44. The van der Waals surface area contributed by atoms with Gasteiger partial charge in [-0.05, 0) is 24.7 Å². The van der Waals surface area contributed by atoms with Crippen molar-refractivity contribution in [2.24, 2.45) is 0 Å². The maximum Gasteiger partial charge on any atom is 0.0722 e. The van der Waals surface area contributed by atoms with Gasteiger partial charge in [0.05, 0.1) is 5.52 Å². The Labute approximate surface area is 155 Å². The molecule has 4 heteroatoms. The monoisotopic (exact) mass is 346 g/mol. The smallest absolute Gasteiger partial charge is 0.0722 e. The first kappa shape index (κ1) is 17.0. The van der Waals surface area contributed by atoms with Crippen molar-refractivity contribution in [3.05, 3.63) is 72.4 Å². The zero-order valence-electron chi connectivity index (χ0n) is 15.3. The number of piperazine rings is 1. The molecular formula is C22H26N4. The summed E-state index contributed by atoms with van der Waals surface area (Å²) < 4.78 is 0. The fourth-order valence-corrected chi connectivity index (χ4v) is 3.80. The predicted octanol–water partition coefficient (Wildman–Crippen LogP) is 3.64. The van der Waals surface area contributed by atoms with E-state index >= 15 is 0 Å². The number of rotatable bonds is 5. The lowest BCUT2D eigenvalue weighted by Gasteiger charge is -2.40. The van der Waals surface area contributed by atoms with E-state index in [4.69, 9.17) is 0 Å². The summed E-state index contributed by atoms with van der Waals surface area (Å²) in [5, 5.41) is 4.81. The lowest BCUT2D eigenvalue weighted by Crippen LogP contribution is -2.48. The summed E-state index contributed by atoms with van der Waals surface area (Å²) in [5.41, 5.74) is 3.62. The van der Waals surface area contributed by atoms with Crippen LogP contribution in [0.3, 0.4) is 0 Å². The molecule has 0 amide bonds. The van der Waals surface area contributed by atoms with E-state index in [1.54, 1.807) is 0 Å². The second-order valence-corrected chi connectivity index (χ2v) is 7.03. The summed E-state index contributed by atoms with van der Waals surface area (Å²) in [6.07, 6.45) is 1.88. The number of aromatic nitrogens is 1. The van der Waals surface area contributed by atoms with Crippen molar-refractivity contribution in [2.45, 2.75) is 6.04 Å². The third-order valence-corrected chi connectivity index (χ3v) is 5.24. The summed E-state index contributed by atoms with van der Waals surface area (Å²) >= 11 is 0. The maximum absolute atomic E-state index is 4.44. The lowest BCUT2D eigenvalue weighted by atomic mass is 10.0. The van der Waals surface area contributed by atoms with E-state index in [0.29, 0.717) is 6.04 Å². The molecule has 0 radical (unpaired) electrons. The van der Waals surface area contributed by atoms with Gasteiger partial charge in [0.15, 0.2) is 0 Å². The molecule has 1 atom stereocenters. The van der Waals surface area contributed by atoms with Crippen LogP contribution in [0, 0.1) is 0 Å². The molecule has 1 aromatic heterocycles. The Morgan fingerprint density at radius 3 is 2.69 bits per heavy atom. The molecule has 1 aliphatic heterocycles. The average molecular weight is 346 g/mol. The van der Waals surface area contributed by atoms with Crippen molar-refractivity contribution >= 4 is 16.6 Å². The van der Waals surface area contributed by atoms with Crippen molar-refractivity contribution in [2.75, 3.05) is 45.1 Å². The van der Waals surface area contributed by atoms with E-state index in [1.165, 1.54) is 16.6 Å². The van der Waals surface area contributed by atoms with Gasteiger partial charge in [-0.1, -0.05) is 48.5 Å². The molecular weight excluding hydrogens is 320 g/mol. The van der Waals surface area contributed by atoms with Crippen LogP contribution in [0.2, 0.25) is 0 Å².